The molecule has 1 aliphatic carbocycles. The number of hydrogen-bond acceptors (Lipinski definition) is 3. The fourth-order valence-electron chi connectivity index (χ4n) is 2.18. The summed E-state index contributed by atoms with van der Waals surface area (Å²) in [4.78, 5) is 0. The first-order valence-electron chi connectivity index (χ1n) is 5.43. The molecule has 0 spiro atoms. The summed E-state index contributed by atoms with van der Waals surface area (Å²) in [5.74, 6) is 1.46. The molecular weight excluding hydrogens is 272 g/mol. The van der Waals surface area contributed by atoms with Crippen LogP contribution >= 0.6 is 15.9 Å². The summed E-state index contributed by atoms with van der Waals surface area (Å²) >= 11 is 3.50. The van der Waals surface area contributed by atoms with Gasteiger partial charge in [-0.05, 0) is 31.4 Å². The molecule has 1 aromatic carbocycles. The van der Waals surface area contributed by atoms with Gasteiger partial charge >= 0.3 is 0 Å². The molecule has 1 heterocycles. The van der Waals surface area contributed by atoms with Gasteiger partial charge in [-0.1, -0.05) is 15.9 Å². The SMILES string of the molecule is Cc1c(Br)cc2c(c1C1(O)CC1)OCCO2. The van der Waals surface area contributed by atoms with Gasteiger partial charge < -0.3 is 14.6 Å². The van der Waals surface area contributed by atoms with E-state index in [4.69, 9.17) is 9.47 Å². The molecule has 3 rings (SSSR count). The van der Waals surface area contributed by atoms with E-state index in [0.717, 1.165) is 39.9 Å². The van der Waals surface area contributed by atoms with Crippen molar-refractivity contribution in [1.29, 1.82) is 0 Å². The van der Waals surface area contributed by atoms with E-state index in [0.29, 0.717) is 13.2 Å². The summed E-state index contributed by atoms with van der Waals surface area (Å²) in [5.41, 5.74) is 1.25. The zero-order valence-electron chi connectivity index (χ0n) is 9.05. The highest BCUT2D eigenvalue weighted by atomic mass is 79.9. The molecule has 2 aliphatic rings. The predicted molar refractivity (Wildman–Crippen MR) is 63.0 cm³/mol. The maximum atomic E-state index is 10.3. The minimum Gasteiger partial charge on any atom is -0.486 e. The van der Waals surface area contributed by atoms with Gasteiger partial charge in [0.05, 0.1) is 5.60 Å². The van der Waals surface area contributed by atoms with Crippen molar-refractivity contribution in [3.63, 3.8) is 0 Å². The first kappa shape index (κ1) is 10.4. The largest absolute Gasteiger partial charge is 0.486 e. The van der Waals surface area contributed by atoms with E-state index in [-0.39, 0.29) is 0 Å². The van der Waals surface area contributed by atoms with Crippen LogP contribution in [0.1, 0.15) is 24.0 Å². The van der Waals surface area contributed by atoms with Gasteiger partial charge in [-0.25, -0.2) is 0 Å². The molecule has 0 aromatic heterocycles. The van der Waals surface area contributed by atoms with Gasteiger partial charge in [0, 0.05) is 10.0 Å². The van der Waals surface area contributed by atoms with E-state index in [1.165, 1.54) is 0 Å². The Bertz CT molecular complexity index is 452. The molecule has 0 atom stereocenters. The molecule has 4 heteroatoms. The van der Waals surface area contributed by atoms with E-state index in [9.17, 15) is 5.11 Å². The lowest BCUT2D eigenvalue weighted by atomic mass is 9.99. The first-order valence-corrected chi connectivity index (χ1v) is 6.23. The molecule has 1 N–H and O–H groups in total. The molecule has 1 aliphatic heterocycles. The maximum absolute atomic E-state index is 10.3. The number of rotatable bonds is 1. The lowest BCUT2D eigenvalue weighted by Crippen LogP contribution is -2.20. The topological polar surface area (TPSA) is 38.7 Å². The number of ether oxygens (including phenoxy) is 2. The highest BCUT2D eigenvalue weighted by Crippen LogP contribution is 2.54. The van der Waals surface area contributed by atoms with Crippen LogP contribution < -0.4 is 9.47 Å². The molecule has 0 amide bonds. The van der Waals surface area contributed by atoms with Gasteiger partial charge in [0.2, 0.25) is 0 Å². The highest BCUT2D eigenvalue weighted by molar-refractivity contribution is 9.10. The van der Waals surface area contributed by atoms with Gasteiger partial charge in [-0.15, -0.1) is 0 Å². The molecule has 0 radical (unpaired) electrons. The summed E-state index contributed by atoms with van der Waals surface area (Å²) < 4.78 is 12.2. The van der Waals surface area contributed by atoms with Crippen LogP contribution in [0.15, 0.2) is 10.5 Å². The Balaban J connectivity index is 2.23. The van der Waals surface area contributed by atoms with E-state index in [2.05, 4.69) is 15.9 Å². The van der Waals surface area contributed by atoms with Crippen molar-refractivity contribution >= 4 is 15.9 Å². The summed E-state index contributed by atoms with van der Waals surface area (Å²) in [6, 6.07) is 1.92. The van der Waals surface area contributed by atoms with Crippen LogP contribution in [0, 0.1) is 6.92 Å². The highest BCUT2D eigenvalue weighted by Gasteiger charge is 2.47. The van der Waals surface area contributed by atoms with Crippen molar-refractivity contribution in [3.05, 3.63) is 21.7 Å². The van der Waals surface area contributed by atoms with E-state index in [1.807, 2.05) is 13.0 Å². The number of hydrogen-bond donors (Lipinski definition) is 1. The van der Waals surface area contributed by atoms with Gasteiger partial charge in [0.25, 0.3) is 0 Å². The fraction of sp³-hybridized carbons (Fsp3) is 0.500. The summed E-state index contributed by atoms with van der Waals surface area (Å²) in [6.45, 7) is 3.12. The second kappa shape index (κ2) is 3.37. The zero-order valence-corrected chi connectivity index (χ0v) is 10.6. The molecule has 16 heavy (non-hydrogen) atoms. The Labute approximate surface area is 102 Å². The maximum Gasteiger partial charge on any atom is 0.167 e. The normalized spacial score (nSPS) is 20.7. The third kappa shape index (κ3) is 1.44. The lowest BCUT2D eigenvalue weighted by Gasteiger charge is -2.25. The van der Waals surface area contributed by atoms with Crippen molar-refractivity contribution < 1.29 is 14.6 Å². The van der Waals surface area contributed by atoms with Gasteiger partial charge in [-0.3, -0.25) is 0 Å². The Morgan fingerprint density at radius 3 is 2.69 bits per heavy atom. The predicted octanol–water partition coefficient (Wildman–Crippen LogP) is 2.51. The Hall–Kier alpha value is -0.740. The molecule has 3 nitrogen and oxygen atoms in total. The molecule has 0 bridgehead atoms. The average Bonchev–Trinajstić information content (AvgIpc) is 2.99. The van der Waals surface area contributed by atoms with E-state index >= 15 is 0 Å². The van der Waals surface area contributed by atoms with Crippen molar-refractivity contribution in [3.8, 4) is 11.5 Å². The Morgan fingerprint density at radius 2 is 2.00 bits per heavy atom. The molecule has 1 saturated carbocycles. The number of aliphatic hydroxyl groups is 1. The first-order chi connectivity index (χ1) is 7.62. The minimum atomic E-state index is -0.696. The van der Waals surface area contributed by atoms with Gasteiger partial charge in [0.1, 0.15) is 13.2 Å². The molecular formula is C12H13BrO3. The van der Waals surface area contributed by atoms with Crippen molar-refractivity contribution in [2.75, 3.05) is 13.2 Å². The third-order valence-corrected chi connectivity index (χ3v) is 4.04. The van der Waals surface area contributed by atoms with Crippen LogP contribution in [0.3, 0.4) is 0 Å². The zero-order chi connectivity index (χ0) is 11.3. The Morgan fingerprint density at radius 1 is 1.31 bits per heavy atom. The van der Waals surface area contributed by atoms with Crippen LogP contribution in [-0.4, -0.2) is 18.3 Å². The number of halogens is 1. The van der Waals surface area contributed by atoms with Crippen molar-refractivity contribution in [2.45, 2.75) is 25.4 Å². The smallest absolute Gasteiger partial charge is 0.167 e. The molecule has 1 aromatic rings. The number of benzene rings is 1. The molecule has 0 unspecified atom stereocenters. The third-order valence-electron chi connectivity index (χ3n) is 3.22. The van der Waals surface area contributed by atoms with E-state index < -0.39 is 5.60 Å². The molecule has 86 valence electrons. The van der Waals surface area contributed by atoms with Gasteiger partial charge in [-0.2, -0.15) is 0 Å². The summed E-state index contributed by atoms with van der Waals surface area (Å²) in [7, 11) is 0. The van der Waals surface area contributed by atoms with Crippen molar-refractivity contribution in [1.82, 2.24) is 0 Å². The Kier molecular flexibility index (Phi) is 2.20. The van der Waals surface area contributed by atoms with Crippen LogP contribution in [-0.2, 0) is 5.60 Å². The quantitative estimate of drug-likeness (QED) is 0.861. The average molecular weight is 285 g/mol. The minimum absolute atomic E-state index is 0.553. The molecule has 0 saturated heterocycles. The summed E-state index contributed by atoms with van der Waals surface area (Å²) in [6.07, 6.45) is 1.61. The van der Waals surface area contributed by atoms with Crippen LogP contribution in [0.4, 0.5) is 0 Å². The molecule has 1 fully saturated rings. The van der Waals surface area contributed by atoms with Crippen molar-refractivity contribution in [2.24, 2.45) is 0 Å². The monoisotopic (exact) mass is 284 g/mol. The lowest BCUT2D eigenvalue weighted by molar-refractivity contribution is 0.129. The second-order valence-corrected chi connectivity index (χ2v) is 5.27. The van der Waals surface area contributed by atoms with E-state index in [1.54, 1.807) is 0 Å². The fourth-order valence-corrected chi connectivity index (χ4v) is 2.58. The number of fused-ring (bicyclic) bond motifs is 1. The van der Waals surface area contributed by atoms with Gasteiger partial charge in [0.15, 0.2) is 11.5 Å². The summed E-state index contributed by atoms with van der Waals surface area (Å²) in [5, 5.41) is 10.3. The van der Waals surface area contributed by atoms with Crippen LogP contribution in [0.25, 0.3) is 0 Å². The second-order valence-electron chi connectivity index (χ2n) is 4.41. The van der Waals surface area contributed by atoms with Crippen LogP contribution in [0.2, 0.25) is 0 Å². The standard InChI is InChI=1S/C12H13BrO3/c1-7-8(13)6-9-11(16-5-4-15-9)10(7)12(14)2-3-12/h6,14H,2-5H2,1H3. The van der Waals surface area contributed by atoms with Crippen LogP contribution in [0.5, 0.6) is 11.5 Å².